The minimum atomic E-state index is -0.807. The molecule has 2 aromatic rings. The lowest BCUT2D eigenvalue weighted by Gasteiger charge is -1.96. The van der Waals surface area contributed by atoms with Crippen LogP contribution in [-0.2, 0) is 9.47 Å². The molecule has 1 aromatic heterocycles. The molecule has 2 rings (SSSR count). The van der Waals surface area contributed by atoms with Crippen molar-refractivity contribution in [1.29, 1.82) is 0 Å². The number of esters is 2. The van der Waals surface area contributed by atoms with E-state index in [1.54, 1.807) is 24.3 Å². The number of rotatable bonds is 3. The number of halogens is 1. The highest BCUT2D eigenvalue weighted by molar-refractivity contribution is 6.30. The van der Waals surface area contributed by atoms with Crippen molar-refractivity contribution in [3.63, 3.8) is 0 Å². The zero-order valence-electron chi connectivity index (χ0n) is 10.7. The molecule has 0 aliphatic heterocycles. The van der Waals surface area contributed by atoms with Gasteiger partial charge < -0.3 is 13.9 Å². The van der Waals surface area contributed by atoms with Crippen molar-refractivity contribution in [1.82, 2.24) is 4.98 Å². The maximum absolute atomic E-state index is 11.6. The van der Waals surface area contributed by atoms with Crippen LogP contribution in [0.4, 0.5) is 0 Å². The second-order valence-electron chi connectivity index (χ2n) is 3.69. The fraction of sp³-hybridized carbons (Fsp3) is 0.154. The van der Waals surface area contributed by atoms with Crippen LogP contribution < -0.4 is 0 Å². The van der Waals surface area contributed by atoms with Crippen LogP contribution in [0.5, 0.6) is 0 Å². The van der Waals surface area contributed by atoms with Gasteiger partial charge in [0, 0.05) is 10.6 Å². The number of benzene rings is 1. The zero-order chi connectivity index (χ0) is 14.7. The highest BCUT2D eigenvalue weighted by Gasteiger charge is 2.27. The monoisotopic (exact) mass is 295 g/mol. The van der Waals surface area contributed by atoms with Crippen LogP contribution in [0.3, 0.4) is 0 Å². The molecule has 20 heavy (non-hydrogen) atoms. The van der Waals surface area contributed by atoms with E-state index >= 15 is 0 Å². The van der Waals surface area contributed by atoms with Crippen LogP contribution in [0.2, 0.25) is 5.02 Å². The Morgan fingerprint density at radius 3 is 2.25 bits per heavy atom. The van der Waals surface area contributed by atoms with Crippen LogP contribution in [0.1, 0.15) is 21.0 Å². The number of methoxy groups -OCH3 is 2. The molecule has 7 heteroatoms. The molecule has 0 amide bonds. The lowest BCUT2D eigenvalue weighted by atomic mass is 10.2. The van der Waals surface area contributed by atoms with E-state index in [4.69, 9.17) is 16.0 Å². The predicted octanol–water partition coefficient (Wildman–Crippen LogP) is 2.57. The fourth-order valence-corrected chi connectivity index (χ4v) is 1.63. The van der Waals surface area contributed by atoms with Gasteiger partial charge in [0.05, 0.1) is 14.2 Å². The van der Waals surface area contributed by atoms with Gasteiger partial charge in [-0.3, -0.25) is 0 Å². The Kier molecular flexibility index (Phi) is 4.05. The molecule has 0 bridgehead atoms. The zero-order valence-corrected chi connectivity index (χ0v) is 11.4. The Labute approximate surface area is 119 Å². The Morgan fingerprint density at radius 2 is 1.70 bits per heavy atom. The number of nitrogens with zero attached hydrogens (tertiary/aromatic N) is 1. The number of hydrogen-bond acceptors (Lipinski definition) is 6. The quantitative estimate of drug-likeness (QED) is 0.810. The SMILES string of the molecule is COC(=O)c1nc(-c2ccc(Cl)cc2)oc1C(=O)OC. The smallest absolute Gasteiger partial charge is 0.376 e. The third kappa shape index (κ3) is 2.65. The summed E-state index contributed by atoms with van der Waals surface area (Å²) in [6.07, 6.45) is 0. The van der Waals surface area contributed by atoms with Gasteiger partial charge in [-0.05, 0) is 24.3 Å². The average Bonchev–Trinajstić information content (AvgIpc) is 2.91. The first-order valence-corrected chi connectivity index (χ1v) is 5.88. The summed E-state index contributed by atoms with van der Waals surface area (Å²) in [6.45, 7) is 0. The second kappa shape index (κ2) is 5.75. The van der Waals surface area contributed by atoms with Crippen LogP contribution in [0.15, 0.2) is 28.7 Å². The van der Waals surface area contributed by atoms with Gasteiger partial charge in [-0.1, -0.05) is 11.6 Å². The topological polar surface area (TPSA) is 78.6 Å². The van der Waals surface area contributed by atoms with Gasteiger partial charge in [-0.15, -0.1) is 0 Å². The maximum atomic E-state index is 11.6. The van der Waals surface area contributed by atoms with Gasteiger partial charge >= 0.3 is 11.9 Å². The minimum absolute atomic E-state index is 0.0995. The highest BCUT2D eigenvalue weighted by atomic mass is 35.5. The van der Waals surface area contributed by atoms with E-state index in [1.807, 2.05) is 0 Å². The van der Waals surface area contributed by atoms with Gasteiger partial charge in [-0.25, -0.2) is 14.6 Å². The van der Waals surface area contributed by atoms with Crippen LogP contribution in [0.25, 0.3) is 11.5 Å². The number of carbonyl (C=O) groups is 2. The van der Waals surface area contributed by atoms with E-state index in [0.717, 1.165) is 0 Å². The molecule has 0 aliphatic rings. The fourth-order valence-electron chi connectivity index (χ4n) is 1.50. The van der Waals surface area contributed by atoms with Gasteiger partial charge in [0.1, 0.15) is 0 Å². The van der Waals surface area contributed by atoms with Gasteiger partial charge in [0.2, 0.25) is 17.3 Å². The third-order valence-electron chi connectivity index (χ3n) is 2.47. The molecule has 0 atom stereocenters. The summed E-state index contributed by atoms with van der Waals surface area (Å²) in [4.78, 5) is 27.1. The predicted molar refractivity (Wildman–Crippen MR) is 69.6 cm³/mol. The Morgan fingerprint density at radius 1 is 1.10 bits per heavy atom. The lowest BCUT2D eigenvalue weighted by molar-refractivity contribution is 0.0527. The Bertz CT molecular complexity index is 614. The molecule has 0 fully saturated rings. The van der Waals surface area contributed by atoms with Crippen LogP contribution in [0, 0.1) is 0 Å². The number of aromatic nitrogens is 1. The summed E-state index contributed by atoms with van der Waals surface area (Å²) in [6, 6.07) is 6.57. The molecule has 1 heterocycles. The molecular weight excluding hydrogens is 286 g/mol. The highest BCUT2D eigenvalue weighted by Crippen LogP contribution is 2.24. The van der Waals surface area contributed by atoms with E-state index < -0.39 is 11.9 Å². The Balaban J connectivity index is 2.51. The molecule has 0 unspecified atom stereocenters. The molecule has 1 aromatic carbocycles. The summed E-state index contributed by atoms with van der Waals surface area (Å²) >= 11 is 5.78. The first-order chi connectivity index (χ1) is 9.56. The lowest BCUT2D eigenvalue weighted by Crippen LogP contribution is -2.10. The summed E-state index contributed by atoms with van der Waals surface area (Å²) in [5.41, 5.74) is 0.332. The molecule has 0 N–H and O–H groups in total. The van der Waals surface area contributed by atoms with Crippen molar-refractivity contribution < 1.29 is 23.5 Å². The first kappa shape index (κ1) is 14.1. The molecule has 6 nitrogen and oxygen atoms in total. The summed E-state index contributed by atoms with van der Waals surface area (Å²) in [5.74, 6) is -1.79. The van der Waals surface area contributed by atoms with Crippen molar-refractivity contribution in [3.05, 3.63) is 40.7 Å². The van der Waals surface area contributed by atoms with Crippen molar-refractivity contribution in [3.8, 4) is 11.5 Å². The molecule has 0 saturated carbocycles. The second-order valence-corrected chi connectivity index (χ2v) is 4.12. The molecule has 0 saturated heterocycles. The van der Waals surface area contributed by atoms with Crippen molar-refractivity contribution >= 4 is 23.5 Å². The number of ether oxygens (including phenoxy) is 2. The average molecular weight is 296 g/mol. The van der Waals surface area contributed by atoms with Crippen molar-refractivity contribution in [2.45, 2.75) is 0 Å². The number of hydrogen-bond donors (Lipinski definition) is 0. The molecular formula is C13H10ClNO5. The maximum Gasteiger partial charge on any atom is 0.376 e. The molecule has 0 radical (unpaired) electrons. The van der Waals surface area contributed by atoms with Crippen molar-refractivity contribution in [2.24, 2.45) is 0 Å². The minimum Gasteiger partial charge on any atom is -0.464 e. The molecule has 0 aliphatic carbocycles. The van der Waals surface area contributed by atoms with E-state index in [0.29, 0.717) is 10.6 Å². The summed E-state index contributed by atoms with van der Waals surface area (Å²) < 4.78 is 14.4. The normalized spacial score (nSPS) is 10.2. The molecule has 104 valence electrons. The van der Waals surface area contributed by atoms with Crippen LogP contribution >= 0.6 is 11.6 Å². The first-order valence-electron chi connectivity index (χ1n) is 5.50. The van der Waals surface area contributed by atoms with E-state index in [9.17, 15) is 9.59 Å². The van der Waals surface area contributed by atoms with Gasteiger partial charge in [0.15, 0.2) is 0 Å². The van der Waals surface area contributed by atoms with E-state index in [1.165, 1.54) is 14.2 Å². The number of carbonyl (C=O) groups excluding carboxylic acids is 2. The standard InChI is InChI=1S/C13H10ClNO5/c1-18-12(16)9-10(13(17)19-2)20-11(15-9)7-3-5-8(14)6-4-7/h3-6H,1-2H3. The van der Waals surface area contributed by atoms with Gasteiger partial charge in [0.25, 0.3) is 0 Å². The van der Waals surface area contributed by atoms with E-state index in [-0.39, 0.29) is 17.3 Å². The van der Waals surface area contributed by atoms with Crippen molar-refractivity contribution in [2.75, 3.05) is 14.2 Å². The Hall–Kier alpha value is -2.34. The summed E-state index contributed by atoms with van der Waals surface area (Å²) in [5, 5.41) is 0.543. The van der Waals surface area contributed by atoms with E-state index in [2.05, 4.69) is 14.5 Å². The third-order valence-corrected chi connectivity index (χ3v) is 2.72. The van der Waals surface area contributed by atoms with Crippen LogP contribution in [-0.4, -0.2) is 31.1 Å². The largest absolute Gasteiger partial charge is 0.464 e. The summed E-state index contributed by atoms with van der Waals surface area (Å²) in [7, 11) is 2.36. The molecule has 0 spiro atoms. The number of oxazole rings is 1. The van der Waals surface area contributed by atoms with Gasteiger partial charge in [-0.2, -0.15) is 0 Å².